The van der Waals surface area contributed by atoms with Gasteiger partial charge in [-0.2, -0.15) is 5.26 Å². The zero-order valence-electron chi connectivity index (χ0n) is 10.1. The fourth-order valence-electron chi connectivity index (χ4n) is 2.47. The fraction of sp³-hybridized carbons (Fsp3) is 0.769. The van der Waals surface area contributed by atoms with E-state index in [9.17, 15) is 0 Å². The highest BCUT2D eigenvalue weighted by Crippen LogP contribution is 2.29. The van der Waals surface area contributed by atoms with E-state index in [1.54, 1.807) is 0 Å². The van der Waals surface area contributed by atoms with Gasteiger partial charge in [0.2, 0.25) is 0 Å². The third kappa shape index (κ3) is 3.68. The number of nitriles is 1. The van der Waals surface area contributed by atoms with Crippen molar-refractivity contribution < 1.29 is 0 Å². The molecule has 15 heavy (non-hydrogen) atoms. The monoisotopic (exact) mass is 206 g/mol. The van der Waals surface area contributed by atoms with Crippen molar-refractivity contribution in [2.45, 2.75) is 46.1 Å². The lowest BCUT2D eigenvalue weighted by atomic mass is 9.80. The molecule has 1 aliphatic carbocycles. The van der Waals surface area contributed by atoms with Crippen LogP contribution in [0, 0.1) is 23.2 Å². The Kier molecular flexibility index (Phi) is 4.84. The van der Waals surface area contributed by atoms with Gasteiger partial charge in [-0.15, -0.1) is 0 Å². The smallest absolute Gasteiger partial charge is 0.0984 e. The molecule has 0 saturated carbocycles. The summed E-state index contributed by atoms with van der Waals surface area (Å²) in [6.07, 6.45) is 5.66. The first-order valence-electron chi connectivity index (χ1n) is 5.97. The van der Waals surface area contributed by atoms with Crippen LogP contribution in [-0.2, 0) is 0 Å². The number of hydrogen-bond acceptors (Lipinski definition) is 2. The zero-order valence-corrected chi connectivity index (χ0v) is 10.1. The molecule has 0 radical (unpaired) electrons. The molecular weight excluding hydrogens is 184 g/mol. The first-order valence-corrected chi connectivity index (χ1v) is 5.97. The van der Waals surface area contributed by atoms with E-state index in [1.165, 1.54) is 5.57 Å². The van der Waals surface area contributed by atoms with Gasteiger partial charge in [-0.3, -0.25) is 0 Å². The minimum absolute atomic E-state index is 0.0380. The molecule has 3 atom stereocenters. The molecule has 0 aromatic heterocycles. The molecule has 1 rings (SSSR count). The molecule has 0 spiro atoms. The summed E-state index contributed by atoms with van der Waals surface area (Å²) in [5.41, 5.74) is 1.44. The fourth-order valence-corrected chi connectivity index (χ4v) is 2.47. The highest BCUT2D eigenvalue weighted by molar-refractivity contribution is 5.10. The number of hydrogen-bond donors (Lipinski definition) is 1. The maximum atomic E-state index is 9.15. The van der Waals surface area contributed by atoms with E-state index in [0.29, 0.717) is 11.8 Å². The number of nitrogens with one attached hydrogen (secondary N) is 1. The quantitative estimate of drug-likeness (QED) is 0.718. The van der Waals surface area contributed by atoms with Crippen LogP contribution in [0.3, 0.4) is 0 Å². The first-order chi connectivity index (χ1) is 7.17. The van der Waals surface area contributed by atoms with Gasteiger partial charge in [0.05, 0.1) is 12.1 Å². The lowest BCUT2D eigenvalue weighted by Crippen LogP contribution is -2.37. The zero-order chi connectivity index (χ0) is 11.3. The third-order valence-electron chi connectivity index (χ3n) is 3.05. The van der Waals surface area contributed by atoms with E-state index in [2.05, 4.69) is 38.2 Å². The van der Waals surface area contributed by atoms with Crippen molar-refractivity contribution in [3.63, 3.8) is 0 Å². The molecule has 0 aromatic rings. The van der Waals surface area contributed by atoms with E-state index in [1.807, 2.05) is 0 Å². The highest BCUT2D eigenvalue weighted by atomic mass is 14.9. The summed E-state index contributed by atoms with van der Waals surface area (Å²) in [7, 11) is 0. The first kappa shape index (κ1) is 12.3. The highest BCUT2D eigenvalue weighted by Gasteiger charge is 2.25. The van der Waals surface area contributed by atoms with Crippen LogP contribution in [0.1, 0.15) is 40.0 Å². The minimum atomic E-state index is 0.0380. The lowest BCUT2D eigenvalue weighted by molar-refractivity contribution is 0.338. The van der Waals surface area contributed by atoms with Crippen molar-refractivity contribution in [1.29, 1.82) is 5.26 Å². The summed E-state index contributed by atoms with van der Waals surface area (Å²) in [6, 6.07) is 2.45. The maximum absolute atomic E-state index is 9.15. The van der Waals surface area contributed by atoms with Gasteiger partial charge in [0.25, 0.3) is 0 Å². The van der Waals surface area contributed by atoms with Crippen molar-refractivity contribution in [1.82, 2.24) is 5.32 Å². The van der Waals surface area contributed by atoms with Crippen molar-refractivity contribution in [2.24, 2.45) is 11.8 Å². The van der Waals surface area contributed by atoms with Crippen LogP contribution in [0.5, 0.6) is 0 Å². The van der Waals surface area contributed by atoms with Gasteiger partial charge >= 0.3 is 0 Å². The summed E-state index contributed by atoms with van der Waals surface area (Å²) in [5, 5.41) is 12.5. The van der Waals surface area contributed by atoms with Gasteiger partial charge in [-0.1, -0.05) is 25.5 Å². The summed E-state index contributed by atoms with van der Waals surface area (Å²) in [6.45, 7) is 7.50. The molecule has 2 heteroatoms. The number of rotatable bonds is 4. The Morgan fingerprint density at radius 2 is 2.40 bits per heavy atom. The van der Waals surface area contributed by atoms with Crippen LogP contribution in [0.25, 0.3) is 0 Å². The van der Waals surface area contributed by atoms with Crippen molar-refractivity contribution in [3.8, 4) is 6.07 Å². The molecule has 0 fully saturated rings. The van der Waals surface area contributed by atoms with Crippen LogP contribution in [0.15, 0.2) is 11.6 Å². The molecule has 0 aromatic carbocycles. The summed E-state index contributed by atoms with van der Waals surface area (Å²) in [4.78, 5) is 0. The lowest BCUT2D eigenvalue weighted by Gasteiger charge is -2.29. The average molecular weight is 206 g/mol. The Balaban J connectivity index is 2.55. The number of allylic oxidation sites excluding steroid dienone is 2. The van der Waals surface area contributed by atoms with Crippen molar-refractivity contribution in [2.75, 3.05) is 6.54 Å². The van der Waals surface area contributed by atoms with Gasteiger partial charge in [-0.25, -0.2) is 0 Å². The topological polar surface area (TPSA) is 35.8 Å². The standard InChI is InChI=1S/C13H22N2/c1-4-5-15-13(9-14)12-7-10(2)6-11(3)8-12/h6,10,12-13,15H,4-5,7-8H2,1-3H3. The Morgan fingerprint density at radius 3 is 2.93 bits per heavy atom. The van der Waals surface area contributed by atoms with E-state index < -0.39 is 0 Å². The van der Waals surface area contributed by atoms with Crippen LogP contribution in [0.2, 0.25) is 0 Å². The molecule has 0 bridgehead atoms. The predicted octanol–water partition coefficient (Wildman–Crippen LogP) is 2.87. The van der Waals surface area contributed by atoms with Gasteiger partial charge in [0, 0.05) is 0 Å². The van der Waals surface area contributed by atoms with Crippen LogP contribution < -0.4 is 5.32 Å². The van der Waals surface area contributed by atoms with E-state index in [-0.39, 0.29) is 6.04 Å². The second kappa shape index (κ2) is 5.92. The largest absolute Gasteiger partial charge is 0.302 e. The Bertz CT molecular complexity index is 262. The molecule has 1 aliphatic rings. The Labute approximate surface area is 93.4 Å². The van der Waals surface area contributed by atoms with Gasteiger partial charge in [-0.05, 0) is 44.6 Å². The predicted molar refractivity (Wildman–Crippen MR) is 63.3 cm³/mol. The van der Waals surface area contributed by atoms with Crippen LogP contribution >= 0.6 is 0 Å². The molecule has 84 valence electrons. The molecule has 0 saturated heterocycles. The summed E-state index contributed by atoms with van der Waals surface area (Å²) >= 11 is 0. The molecule has 2 nitrogen and oxygen atoms in total. The molecule has 0 aliphatic heterocycles. The van der Waals surface area contributed by atoms with E-state index in [0.717, 1.165) is 25.8 Å². The normalized spacial score (nSPS) is 28.0. The average Bonchev–Trinajstić information content (AvgIpc) is 2.17. The summed E-state index contributed by atoms with van der Waals surface area (Å²) in [5.74, 6) is 1.13. The Morgan fingerprint density at radius 1 is 1.67 bits per heavy atom. The van der Waals surface area contributed by atoms with E-state index in [4.69, 9.17) is 5.26 Å². The molecule has 0 heterocycles. The second-order valence-corrected chi connectivity index (χ2v) is 4.75. The van der Waals surface area contributed by atoms with Crippen molar-refractivity contribution in [3.05, 3.63) is 11.6 Å². The molecule has 1 N–H and O–H groups in total. The molecule has 3 unspecified atom stereocenters. The van der Waals surface area contributed by atoms with Gasteiger partial charge in [0.1, 0.15) is 0 Å². The second-order valence-electron chi connectivity index (χ2n) is 4.75. The number of nitrogens with zero attached hydrogens (tertiary/aromatic N) is 1. The maximum Gasteiger partial charge on any atom is 0.0984 e. The molecular formula is C13H22N2. The van der Waals surface area contributed by atoms with Crippen molar-refractivity contribution >= 4 is 0 Å². The molecule has 0 amide bonds. The minimum Gasteiger partial charge on any atom is -0.302 e. The van der Waals surface area contributed by atoms with Gasteiger partial charge in [0.15, 0.2) is 0 Å². The SMILES string of the molecule is CCCNC(C#N)C1CC(C)=CC(C)C1. The van der Waals surface area contributed by atoms with Crippen LogP contribution in [0.4, 0.5) is 0 Å². The van der Waals surface area contributed by atoms with Gasteiger partial charge < -0.3 is 5.32 Å². The van der Waals surface area contributed by atoms with E-state index >= 15 is 0 Å². The Hall–Kier alpha value is -0.810. The van der Waals surface area contributed by atoms with Crippen LogP contribution in [-0.4, -0.2) is 12.6 Å². The summed E-state index contributed by atoms with van der Waals surface area (Å²) < 4.78 is 0. The third-order valence-corrected chi connectivity index (χ3v) is 3.05.